The first-order valence-electron chi connectivity index (χ1n) is 5.09. The Morgan fingerprint density at radius 1 is 0.944 bits per heavy atom. The minimum Gasteiger partial charge on any atom is -0.504 e. The first-order chi connectivity index (χ1) is 8.54. The van der Waals surface area contributed by atoms with Crippen LogP contribution >= 0.6 is 0 Å². The maximum absolute atomic E-state index is 11.1. The van der Waals surface area contributed by atoms with Crippen LogP contribution in [0.3, 0.4) is 0 Å². The number of phenolic OH excluding ortho intramolecular Hbond substituents is 2. The van der Waals surface area contributed by atoms with Crippen LogP contribution in [0.15, 0.2) is 39.5 Å². The van der Waals surface area contributed by atoms with Gasteiger partial charge in [-0.25, -0.2) is 0 Å². The molecule has 5 heteroatoms. The van der Waals surface area contributed by atoms with Crippen LogP contribution < -0.4 is 5.43 Å². The van der Waals surface area contributed by atoms with Crippen molar-refractivity contribution >= 4 is 12.2 Å². The minimum absolute atomic E-state index is 0.188. The number of hydrogen-bond donors (Lipinski definition) is 3. The average Bonchev–Trinajstić information content (AvgIpc) is 2.29. The predicted molar refractivity (Wildman–Crippen MR) is 65.3 cm³/mol. The Labute approximate surface area is 102 Å². The Bertz CT molecular complexity index is 655. The van der Waals surface area contributed by atoms with Gasteiger partial charge in [-0.2, -0.15) is 0 Å². The van der Waals surface area contributed by atoms with Crippen molar-refractivity contribution in [2.75, 3.05) is 0 Å². The normalized spacial score (nSPS) is 10.9. The van der Waals surface area contributed by atoms with Crippen LogP contribution in [0.25, 0.3) is 12.2 Å². The average molecular weight is 246 g/mol. The van der Waals surface area contributed by atoms with Gasteiger partial charge in [-0.05, 0) is 23.8 Å². The van der Waals surface area contributed by atoms with Gasteiger partial charge in [0.25, 0.3) is 5.95 Å². The summed E-state index contributed by atoms with van der Waals surface area (Å²) in [7, 11) is 0. The monoisotopic (exact) mass is 246 g/mol. The lowest BCUT2D eigenvalue weighted by atomic mass is 10.2. The van der Waals surface area contributed by atoms with E-state index in [1.54, 1.807) is 12.1 Å². The first-order valence-corrected chi connectivity index (χ1v) is 5.09. The van der Waals surface area contributed by atoms with Crippen molar-refractivity contribution in [1.82, 2.24) is 0 Å². The third-order valence-electron chi connectivity index (χ3n) is 2.21. The molecule has 0 aliphatic rings. The van der Waals surface area contributed by atoms with Crippen molar-refractivity contribution in [2.45, 2.75) is 0 Å². The zero-order valence-corrected chi connectivity index (χ0v) is 9.20. The largest absolute Gasteiger partial charge is 0.504 e. The van der Waals surface area contributed by atoms with Crippen LogP contribution in [-0.2, 0) is 0 Å². The lowest BCUT2D eigenvalue weighted by molar-refractivity contribution is 0.319. The second kappa shape index (κ2) is 4.67. The van der Waals surface area contributed by atoms with Gasteiger partial charge in [0.1, 0.15) is 5.76 Å². The van der Waals surface area contributed by atoms with Crippen LogP contribution in [0.4, 0.5) is 0 Å². The van der Waals surface area contributed by atoms with Gasteiger partial charge in [-0.15, -0.1) is 0 Å². The van der Waals surface area contributed by atoms with Crippen molar-refractivity contribution in [3.8, 4) is 17.4 Å². The molecular weight excluding hydrogens is 236 g/mol. The summed E-state index contributed by atoms with van der Waals surface area (Å²) in [5, 5.41) is 27.5. The fourth-order valence-electron chi connectivity index (χ4n) is 1.39. The van der Waals surface area contributed by atoms with E-state index in [1.807, 2.05) is 0 Å². The summed E-state index contributed by atoms with van der Waals surface area (Å²) in [6.45, 7) is 0. The van der Waals surface area contributed by atoms with Gasteiger partial charge < -0.3 is 19.7 Å². The zero-order valence-electron chi connectivity index (χ0n) is 9.20. The predicted octanol–water partition coefficient (Wildman–Crippen LogP) is 1.93. The zero-order chi connectivity index (χ0) is 13.1. The SMILES string of the molecule is O=c1cc(O)oc(/C=C/c2ccc(O)c(O)c2)c1. The van der Waals surface area contributed by atoms with E-state index < -0.39 is 5.95 Å². The molecule has 92 valence electrons. The Balaban J connectivity index is 2.29. The third kappa shape index (κ3) is 2.70. The Hall–Kier alpha value is -2.69. The van der Waals surface area contributed by atoms with Crippen LogP contribution in [0, 0.1) is 0 Å². The van der Waals surface area contributed by atoms with Crippen LogP contribution in [0.2, 0.25) is 0 Å². The summed E-state index contributed by atoms with van der Waals surface area (Å²) in [5.41, 5.74) is 0.239. The Morgan fingerprint density at radius 3 is 2.39 bits per heavy atom. The van der Waals surface area contributed by atoms with Crippen molar-refractivity contribution in [1.29, 1.82) is 0 Å². The van der Waals surface area contributed by atoms with Gasteiger partial charge >= 0.3 is 0 Å². The molecule has 2 aromatic rings. The highest BCUT2D eigenvalue weighted by atomic mass is 16.5. The molecule has 0 atom stereocenters. The van der Waals surface area contributed by atoms with Gasteiger partial charge in [-0.3, -0.25) is 4.79 Å². The third-order valence-corrected chi connectivity index (χ3v) is 2.21. The lowest BCUT2D eigenvalue weighted by Gasteiger charge is -1.98. The summed E-state index contributed by atoms with van der Waals surface area (Å²) in [4.78, 5) is 11.1. The number of aromatic hydroxyl groups is 3. The van der Waals surface area contributed by atoms with Gasteiger partial charge in [0, 0.05) is 6.07 Å². The molecule has 3 N–H and O–H groups in total. The molecule has 5 nitrogen and oxygen atoms in total. The first kappa shape index (κ1) is 11.8. The van der Waals surface area contributed by atoms with Crippen molar-refractivity contribution in [3.05, 3.63) is 51.9 Å². The van der Waals surface area contributed by atoms with E-state index in [-0.39, 0.29) is 22.7 Å². The Morgan fingerprint density at radius 2 is 1.72 bits per heavy atom. The minimum atomic E-state index is -0.462. The van der Waals surface area contributed by atoms with E-state index in [1.165, 1.54) is 24.3 Å². The highest BCUT2D eigenvalue weighted by Crippen LogP contribution is 2.25. The summed E-state index contributed by atoms with van der Waals surface area (Å²) < 4.78 is 4.89. The quantitative estimate of drug-likeness (QED) is 0.704. The molecule has 18 heavy (non-hydrogen) atoms. The summed E-state index contributed by atoms with van der Waals surface area (Å²) in [5.74, 6) is -0.728. The van der Waals surface area contributed by atoms with Gasteiger partial charge in [-0.1, -0.05) is 12.1 Å². The number of rotatable bonds is 2. The second-order valence-corrected chi connectivity index (χ2v) is 3.62. The molecule has 0 aliphatic carbocycles. The number of phenols is 2. The summed E-state index contributed by atoms with van der Waals surface area (Å²) in [6.07, 6.45) is 3.03. The summed E-state index contributed by atoms with van der Waals surface area (Å²) in [6, 6.07) is 6.45. The number of benzene rings is 1. The van der Waals surface area contributed by atoms with Gasteiger partial charge in [0.15, 0.2) is 16.9 Å². The molecule has 0 spiro atoms. The second-order valence-electron chi connectivity index (χ2n) is 3.62. The van der Waals surface area contributed by atoms with Gasteiger partial charge in [0.05, 0.1) is 6.07 Å². The molecule has 0 saturated heterocycles. The fraction of sp³-hybridized carbons (Fsp3) is 0. The molecule has 0 unspecified atom stereocenters. The maximum Gasteiger partial charge on any atom is 0.286 e. The van der Waals surface area contributed by atoms with E-state index in [0.717, 1.165) is 6.07 Å². The van der Waals surface area contributed by atoms with Crippen molar-refractivity contribution in [2.24, 2.45) is 0 Å². The topological polar surface area (TPSA) is 90.9 Å². The molecule has 1 heterocycles. The fourth-order valence-corrected chi connectivity index (χ4v) is 1.39. The molecular formula is C13H10O5. The summed E-state index contributed by atoms with van der Waals surface area (Å²) >= 11 is 0. The molecule has 1 aromatic carbocycles. The molecule has 0 fully saturated rings. The molecule has 1 aromatic heterocycles. The standard InChI is InChI=1S/C13H10O5/c14-9-6-10(18-13(17)7-9)3-1-8-2-4-11(15)12(16)5-8/h1-7,15-17H/b3-1+. The molecule has 0 saturated carbocycles. The molecule has 2 rings (SSSR count). The van der Waals surface area contributed by atoms with E-state index in [0.29, 0.717) is 5.56 Å². The van der Waals surface area contributed by atoms with Crippen molar-refractivity contribution in [3.63, 3.8) is 0 Å². The van der Waals surface area contributed by atoms with Crippen LogP contribution in [0.1, 0.15) is 11.3 Å². The molecule has 0 radical (unpaired) electrons. The molecule has 0 amide bonds. The van der Waals surface area contributed by atoms with Crippen LogP contribution in [0.5, 0.6) is 17.4 Å². The lowest BCUT2D eigenvalue weighted by Crippen LogP contribution is -1.95. The van der Waals surface area contributed by atoms with Crippen LogP contribution in [-0.4, -0.2) is 15.3 Å². The Kier molecular flexibility index (Phi) is 3.05. The van der Waals surface area contributed by atoms with E-state index in [9.17, 15) is 9.90 Å². The smallest absolute Gasteiger partial charge is 0.286 e. The molecule has 0 aliphatic heterocycles. The van der Waals surface area contributed by atoms with E-state index in [2.05, 4.69) is 0 Å². The van der Waals surface area contributed by atoms with E-state index >= 15 is 0 Å². The van der Waals surface area contributed by atoms with E-state index in [4.69, 9.17) is 14.6 Å². The highest BCUT2D eigenvalue weighted by molar-refractivity contribution is 5.68. The number of hydrogen-bond acceptors (Lipinski definition) is 5. The van der Waals surface area contributed by atoms with Gasteiger partial charge in [0.2, 0.25) is 0 Å². The molecule has 0 bridgehead atoms. The highest BCUT2D eigenvalue weighted by Gasteiger charge is 1.99. The maximum atomic E-state index is 11.1. The van der Waals surface area contributed by atoms with Crippen molar-refractivity contribution < 1.29 is 19.7 Å².